The van der Waals surface area contributed by atoms with Gasteiger partial charge in [-0.05, 0) is 12.1 Å². The molecule has 1 unspecified atom stereocenters. The topological polar surface area (TPSA) is 157 Å². The summed E-state index contributed by atoms with van der Waals surface area (Å²) in [5, 5.41) is 34.6. The molecule has 0 bridgehead atoms. The lowest BCUT2D eigenvalue weighted by atomic mass is 10.0. The Morgan fingerprint density at radius 2 is 1.89 bits per heavy atom. The Labute approximate surface area is 203 Å². The monoisotopic (exact) mass is 530 g/mol. The van der Waals surface area contributed by atoms with E-state index < -0.39 is 59.1 Å². The van der Waals surface area contributed by atoms with Gasteiger partial charge in [0.15, 0.2) is 29.1 Å². The second-order valence-electron chi connectivity index (χ2n) is 7.33. The van der Waals surface area contributed by atoms with E-state index in [1.165, 1.54) is 24.5 Å². The highest BCUT2D eigenvalue weighted by atomic mass is 19.4. The van der Waals surface area contributed by atoms with Crippen molar-refractivity contribution in [2.75, 3.05) is 11.9 Å². The van der Waals surface area contributed by atoms with Crippen LogP contribution in [0.4, 0.5) is 32.2 Å². The summed E-state index contributed by atoms with van der Waals surface area (Å²) >= 11 is 0. The number of carbonyl (C=O) groups is 1. The number of benzene rings is 1. The first-order chi connectivity index (χ1) is 17.3. The van der Waals surface area contributed by atoms with E-state index in [9.17, 15) is 36.2 Å². The molecule has 10 nitrogen and oxygen atoms in total. The molecule has 37 heavy (non-hydrogen) atoms. The van der Waals surface area contributed by atoms with E-state index in [1.54, 1.807) is 5.32 Å². The molecule has 1 aromatic carbocycles. The highest BCUT2D eigenvalue weighted by molar-refractivity contribution is 6.07. The van der Waals surface area contributed by atoms with Crippen LogP contribution in [-0.2, 0) is 11.3 Å². The Balaban J connectivity index is 1.86. The van der Waals surface area contributed by atoms with Gasteiger partial charge in [0, 0.05) is 18.2 Å². The largest absolute Gasteiger partial charge is 0.479 e. The predicted molar refractivity (Wildman–Crippen MR) is 114 cm³/mol. The fraction of sp³-hybridized carbons (Fsp3) is 0.190. The first-order valence-electron chi connectivity index (χ1n) is 10.0. The van der Waals surface area contributed by atoms with Crippen molar-refractivity contribution in [3.63, 3.8) is 0 Å². The van der Waals surface area contributed by atoms with Crippen LogP contribution in [0.15, 0.2) is 47.3 Å². The van der Waals surface area contributed by atoms with Crippen LogP contribution in [0.1, 0.15) is 17.1 Å². The van der Waals surface area contributed by atoms with Gasteiger partial charge in [-0.3, -0.25) is 5.41 Å². The number of nitrogens with zero attached hydrogens (tertiary/aromatic N) is 3. The molecule has 0 aliphatic heterocycles. The molecule has 3 rings (SSSR count). The normalized spacial score (nSPS) is 13.6. The van der Waals surface area contributed by atoms with E-state index in [1.807, 2.05) is 0 Å². The number of carboxylic acids is 1. The van der Waals surface area contributed by atoms with Gasteiger partial charge in [-0.2, -0.15) is 13.2 Å². The van der Waals surface area contributed by atoms with E-state index in [0.717, 1.165) is 12.1 Å². The third-order valence-electron chi connectivity index (χ3n) is 4.82. The molecule has 0 aliphatic rings. The number of hydrogen-bond acceptors (Lipinski definition) is 9. The molecule has 0 saturated carbocycles. The molecule has 2 heterocycles. The van der Waals surface area contributed by atoms with Gasteiger partial charge in [0.1, 0.15) is 17.7 Å². The molecule has 0 radical (unpaired) electrons. The zero-order chi connectivity index (χ0) is 27.4. The van der Waals surface area contributed by atoms with Gasteiger partial charge >= 0.3 is 12.1 Å². The first kappa shape index (κ1) is 27.1. The van der Waals surface area contributed by atoms with Gasteiger partial charge in [0.05, 0.1) is 18.4 Å². The lowest BCUT2D eigenvalue weighted by molar-refractivity contribution is -0.255. The number of aliphatic hydroxyl groups is 1. The summed E-state index contributed by atoms with van der Waals surface area (Å²) in [5.41, 5.74) is -4.73. The second kappa shape index (κ2) is 10.7. The minimum atomic E-state index is -5.60. The van der Waals surface area contributed by atoms with Crippen LogP contribution in [0.2, 0.25) is 0 Å². The highest BCUT2D eigenvalue weighted by Gasteiger charge is 2.60. The fourth-order valence-corrected chi connectivity index (χ4v) is 2.78. The van der Waals surface area contributed by atoms with Gasteiger partial charge in [0.2, 0.25) is 0 Å². The number of hydrogen-bond donors (Lipinski definition) is 5. The Morgan fingerprint density at radius 1 is 1.16 bits per heavy atom. The lowest BCUT2D eigenvalue weighted by Crippen LogP contribution is -2.56. The summed E-state index contributed by atoms with van der Waals surface area (Å²) in [5.74, 6) is -7.58. The van der Waals surface area contributed by atoms with Crippen LogP contribution in [0, 0.1) is 22.9 Å². The molecule has 2 aromatic heterocycles. The quantitative estimate of drug-likeness (QED) is 0.196. The third-order valence-corrected chi connectivity index (χ3v) is 4.82. The Hall–Kier alpha value is -4.47. The van der Waals surface area contributed by atoms with Crippen LogP contribution in [0.3, 0.4) is 0 Å². The highest BCUT2D eigenvalue weighted by Crippen LogP contribution is 2.31. The van der Waals surface area contributed by atoms with E-state index >= 15 is 0 Å². The molecule has 0 aliphatic carbocycles. The van der Waals surface area contributed by atoms with Gasteiger partial charge in [-0.25, -0.2) is 27.9 Å². The van der Waals surface area contributed by atoms with Gasteiger partial charge < -0.3 is 25.4 Å². The first-order valence-corrected chi connectivity index (χ1v) is 10.0. The van der Waals surface area contributed by atoms with E-state index in [2.05, 4.69) is 20.4 Å². The van der Waals surface area contributed by atoms with Crippen molar-refractivity contribution in [1.29, 1.82) is 5.41 Å². The summed E-state index contributed by atoms with van der Waals surface area (Å²) in [6.45, 7) is -1.97. The third kappa shape index (κ3) is 6.03. The Bertz CT molecular complexity index is 1330. The Kier molecular flexibility index (Phi) is 7.81. The number of allylic oxidation sites excluding steroid dienone is 1. The maximum atomic E-state index is 14.1. The lowest BCUT2D eigenvalue weighted by Gasteiger charge is -2.26. The molecule has 16 heteroatoms. The van der Waals surface area contributed by atoms with E-state index in [0.29, 0.717) is 6.20 Å². The van der Waals surface area contributed by atoms with Crippen molar-refractivity contribution in [2.24, 2.45) is 0 Å². The number of alkyl halides is 3. The molecule has 5 N–H and O–H groups in total. The molecule has 0 saturated heterocycles. The number of aliphatic carboxylic acids is 1. The average Bonchev–Trinajstić information content (AvgIpc) is 3.37. The van der Waals surface area contributed by atoms with Crippen molar-refractivity contribution in [3.8, 4) is 0 Å². The summed E-state index contributed by atoms with van der Waals surface area (Å²) in [7, 11) is 0. The van der Waals surface area contributed by atoms with Crippen molar-refractivity contribution in [2.45, 2.75) is 18.3 Å². The standard InChI is InChI=1S/C21H16F6N6O4/c22-11-3-1-2-10(16(11)24)7-29-15(14-4-5-37-33-14)6-13(28)18-30-8-12(23)17(32-18)31-9-20(36,19(34)35)21(25,26)27/h1-6,8,28-29,36H,7,9H2,(H,34,35)(H,30,31,32)/b15-6-,28-13?. The molecule has 0 fully saturated rings. The molecule has 0 spiro atoms. The summed E-state index contributed by atoms with van der Waals surface area (Å²) in [4.78, 5) is 18.1. The molecule has 1 atom stereocenters. The minimum absolute atomic E-state index is 0.0298. The maximum absolute atomic E-state index is 14.1. The van der Waals surface area contributed by atoms with Crippen LogP contribution in [0.5, 0.6) is 0 Å². The summed E-state index contributed by atoms with van der Waals surface area (Å²) in [6.07, 6.45) is -2.87. The summed E-state index contributed by atoms with van der Waals surface area (Å²) < 4.78 is 85.2. The zero-order valence-electron chi connectivity index (χ0n) is 18.3. The van der Waals surface area contributed by atoms with E-state index in [4.69, 9.17) is 15.0 Å². The maximum Gasteiger partial charge on any atom is 0.429 e. The number of halogens is 6. The number of aromatic nitrogens is 3. The van der Waals surface area contributed by atoms with Crippen LogP contribution in [0.25, 0.3) is 5.70 Å². The molecular weight excluding hydrogens is 514 g/mol. The van der Waals surface area contributed by atoms with Crippen LogP contribution < -0.4 is 10.6 Å². The number of rotatable bonds is 10. The van der Waals surface area contributed by atoms with Crippen LogP contribution in [-0.4, -0.2) is 55.3 Å². The van der Waals surface area contributed by atoms with Crippen molar-refractivity contribution < 1.29 is 45.9 Å². The number of anilines is 1. The number of nitrogens with one attached hydrogen (secondary N) is 3. The van der Waals surface area contributed by atoms with E-state index in [-0.39, 0.29) is 23.5 Å². The zero-order valence-corrected chi connectivity index (χ0v) is 18.3. The van der Waals surface area contributed by atoms with Crippen molar-refractivity contribution in [1.82, 2.24) is 20.4 Å². The molecule has 196 valence electrons. The summed E-state index contributed by atoms with van der Waals surface area (Å²) in [6, 6.07) is 4.86. The fourth-order valence-electron chi connectivity index (χ4n) is 2.78. The van der Waals surface area contributed by atoms with Gasteiger partial charge in [-0.15, -0.1) is 0 Å². The second-order valence-corrected chi connectivity index (χ2v) is 7.33. The van der Waals surface area contributed by atoms with Gasteiger partial charge in [-0.1, -0.05) is 17.3 Å². The average molecular weight is 530 g/mol. The minimum Gasteiger partial charge on any atom is -0.479 e. The predicted octanol–water partition coefficient (Wildman–Crippen LogP) is 2.87. The molecule has 3 aromatic rings. The molecular formula is C21H16F6N6O4. The smallest absolute Gasteiger partial charge is 0.429 e. The van der Waals surface area contributed by atoms with Crippen LogP contribution >= 0.6 is 0 Å². The van der Waals surface area contributed by atoms with Gasteiger partial charge in [0.25, 0.3) is 5.60 Å². The molecule has 0 amide bonds. The van der Waals surface area contributed by atoms with Crippen molar-refractivity contribution >= 4 is 23.2 Å². The van der Waals surface area contributed by atoms with Crippen molar-refractivity contribution in [3.05, 3.63) is 77.3 Å². The Morgan fingerprint density at radius 3 is 2.51 bits per heavy atom. The number of carboxylic acid groups (broad SMARTS) is 1. The SMILES string of the molecule is N=C(/C=C(\NCc1cccc(F)c1F)c1ccon1)c1ncc(F)c(NCC(O)(C(=O)O)C(F)(F)F)n1.